The van der Waals surface area contributed by atoms with Gasteiger partial charge in [-0.2, -0.15) is 0 Å². The van der Waals surface area contributed by atoms with Crippen molar-refractivity contribution in [2.24, 2.45) is 0 Å². The van der Waals surface area contributed by atoms with Crippen molar-refractivity contribution in [3.63, 3.8) is 0 Å². The minimum atomic E-state index is 1.06. The van der Waals surface area contributed by atoms with Crippen molar-refractivity contribution in [2.45, 2.75) is 6.42 Å². The highest BCUT2D eigenvalue weighted by Crippen LogP contribution is 2.38. The van der Waals surface area contributed by atoms with Crippen LogP contribution >= 0.6 is 0 Å². The molecule has 1 radical (unpaired) electrons. The summed E-state index contributed by atoms with van der Waals surface area (Å²) in [4.78, 5) is 0. The predicted octanol–water partition coefficient (Wildman–Crippen LogP) is 4.72. The first-order valence-electron chi connectivity index (χ1n) is 6.60. The lowest BCUT2D eigenvalue weighted by Gasteiger charge is -2.05. The van der Waals surface area contributed by atoms with Crippen LogP contribution in [0.4, 0.5) is 0 Å². The molecule has 19 heavy (non-hydrogen) atoms. The van der Waals surface area contributed by atoms with E-state index in [0.717, 1.165) is 12.0 Å². The van der Waals surface area contributed by atoms with Crippen LogP contribution in [0.25, 0.3) is 22.3 Å². The number of hydrogen-bond acceptors (Lipinski definition) is 0. The Bertz CT molecular complexity index is 739. The molecule has 0 nitrogen and oxygen atoms in total. The first-order chi connectivity index (χ1) is 9.42. The van der Waals surface area contributed by atoms with Gasteiger partial charge in [0.25, 0.3) is 0 Å². The molecule has 0 aromatic heterocycles. The average Bonchev–Trinajstić information content (AvgIpc) is 2.86. The summed E-state index contributed by atoms with van der Waals surface area (Å²) in [6.45, 7) is 0. The lowest BCUT2D eigenvalue weighted by atomic mass is 9.99. The van der Waals surface area contributed by atoms with Gasteiger partial charge in [0.05, 0.1) is 0 Å². The van der Waals surface area contributed by atoms with Crippen molar-refractivity contribution in [3.05, 3.63) is 83.9 Å². The smallest absolute Gasteiger partial charge is 0.00134 e. The topological polar surface area (TPSA) is 0 Å². The molecule has 0 unspecified atom stereocenters. The second-order valence-electron chi connectivity index (χ2n) is 4.98. The molecule has 0 atom stereocenters. The van der Waals surface area contributed by atoms with Crippen LogP contribution in [0.1, 0.15) is 11.1 Å². The first-order valence-corrected chi connectivity index (χ1v) is 6.60. The van der Waals surface area contributed by atoms with Crippen LogP contribution in [0.15, 0.2) is 66.7 Å². The first kappa shape index (κ1) is 10.6. The Hall–Kier alpha value is -2.34. The number of fused-ring (bicyclic) bond motifs is 3. The lowest BCUT2D eigenvalue weighted by Crippen LogP contribution is -1.82. The molecule has 0 heteroatoms. The summed E-state index contributed by atoms with van der Waals surface area (Å²) in [7, 11) is 0. The summed E-state index contributed by atoms with van der Waals surface area (Å²) >= 11 is 0. The number of rotatable bonds is 1. The molecule has 0 heterocycles. The fraction of sp³-hybridized carbons (Fsp3) is 0.0526. The van der Waals surface area contributed by atoms with Crippen LogP contribution in [0.5, 0.6) is 0 Å². The van der Waals surface area contributed by atoms with Gasteiger partial charge in [0.1, 0.15) is 0 Å². The molecule has 0 bridgehead atoms. The lowest BCUT2D eigenvalue weighted by molar-refractivity contribution is 1.26. The molecule has 1 aliphatic carbocycles. The van der Waals surface area contributed by atoms with E-state index in [1.807, 2.05) is 12.1 Å². The van der Waals surface area contributed by atoms with E-state index < -0.39 is 0 Å². The Labute approximate surface area is 113 Å². The summed E-state index contributed by atoms with van der Waals surface area (Å²) < 4.78 is 0. The molecule has 1 aliphatic rings. The van der Waals surface area contributed by atoms with Crippen molar-refractivity contribution in [1.82, 2.24) is 0 Å². The van der Waals surface area contributed by atoms with Crippen LogP contribution in [0.3, 0.4) is 0 Å². The molecule has 0 N–H and O–H groups in total. The van der Waals surface area contributed by atoms with E-state index >= 15 is 0 Å². The molecule has 0 spiro atoms. The predicted molar refractivity (Wildman–Crippen MR) is 79.0 cm³/mol. The molecule has 0 fully saturated rings. The molecular weight excluding hydrogens is 228 g/mol. The maximum atomic E-state index is 3.30. The van der Waals surface area contributed by atoms with E-state index in [4.69, 9.17) is 0 Å². The van der Waals surface area contributed by atoms with Gasteiger partial charge in [0, 0.05) is 0 Å². The van der Waals surface area contributed by atoms with Crippen molar-refractivity contribution < 1.29 is 0 Å². The van der Waals surface area contributed by atoms with Crippen molar-refractivity contribution in [2.75, 3.05) is 0 Å². The average molecular weight is 241 g/mol. The van der Waals surface area contributed by atoms with Gasteiger partial charge < -0.3 is 0 Å². The molecule has 4 rings (SSSR count). The van der Waals surface area contributed by atoms with Crippen molar-refractivity contribution in [1.29, 1.82) is 0 Å². The van der Waals surface area contributed by atoms with Crippen LogP contribution in [0.2, 0.25) is 0 Å². The summed E-state index contributed by atoms with van der Waals surface area (Å²) in [6.07, 6.45) is 1.06. The highest BCUT2D eigenvalue weighted by atomic mass is 14.2. The Kier molecular flexibility index (Phi) is 2.28. The van der Waals surface area contributed by atoms with E-state index in [1.54, 1.807) is 0 Å². The molecule has 0 amide bonds. The maximum absolute atomic E-state index is 3.30. The van der Waals surface area contributed by atoms with Gasteiger partial charge in [0.15, 0.2) is 0 Å². The van der Waals surface area contributed by atoms with E-state index in [0.29, 0.717) is 0 Å². The standard InChI is InChI=1S/C19H13/c1-2-6-14(7-3-1)15-10-11-17-12-16-8-4-5-9-18(16)19(17)13-15/h1-6,8-11,13H,12H2. The third-order valence-corrected chi connectivity index (χ3v) is 3.82. The molecular formula is C19H13. The molecule has 0 aliphatic heterocycles. The summed E-state index contributed by atoms with van der Waals surface area (Å²) in [6, 6.07) is 26.9. The molecule has 3 aromatic carbocycles. The molecule has 0 saturated carbocycles. The Morgan fingerprint density at radius 3 is 2.47 bits per heavy atom. The molecule has 89 valence electrons. The highest BCUT2D eigenvalue weighted by molar-refractivity contribution is 5.81. The van der Waals surface area contributed by atoms with Crippen LogP contribution in [-0.4, -0.2) is 0 Å². The maximum Gasteiger partial charge on any atom is -0.00134 e. The van der Waals surface area contributed by atoms with Gasteiger partial charge in [-0.3, -0.25) is 0 Å². The quantitative estimate of drug-likeness (QED) is 0.452. The molecule has 0 saturated heterocycles. The minimum Gasteiger partial charge on any atom is -0.0619 e. The fourth-order valence-corrected chi connectivity index (χ4v) is 2.86. The Balaban J connectivity index is 1.89. The van der Waals surface area contributed by atoms with Gasteiger partial charge in [-0.25, -0.2) is 0 Å². The number of benzene rings is 3. The van der Waals surface area contributed by atoms with Crippen molar-refractivity contribution >= 4 is 0 Å². The third-order valence-electron chi connectivity index (χ3n) is 3.82. The minimum absolute atomic E-state index is 1.06. The summed E-state index contributed by atoms with van der Waals surface area (Å²) in [5.74, 6) is 0. The zero-order chi connectivity index (χ0) is 12.7. The summed E-state index contributed by atoms with van der Waals surface area (Å²) in [5.41, 5.74) is 8.04. The van der Waals surface area contributed by atoms with Gasteiger partial charge >= 0.3 is 0 Å². The highest BCUT2D eigenvalue weighted by Gasteiger charge is 2.17. The van der Waals surface area contributed by atoms with Crippen molar-refractivity contribution in [3.8, 4) is 22.3 Å². The van der Waals surface area contributed by atoms with Gasteiger partial charge in [-0.1, -0.05) is 60.7 Å². The zero-order valence-electron chi connectivity index (χ0n) is 10.6. The van der Waals surface area contributed by atoms with E-state index in [2.05, 4.69) is 60.7 Å². The van der Waals surface area contributed by atoms with Gasteiger partial charge in [0.2, 0.25) is 0 Å². The van der Waals surface area contributed by atoms with E-state index in [1.165, 1.54) is 27.8 Å². The van der Waals surface area contributed by atoms with Crippen LogP contribution in [0, 0.1) is 6.07 Å². The normalized spacial score (nSPS) is 12.0. The molecule has 3 aromatic rings. The fourth-order valence-electron chi connectivity index (χ4n) is 2.86. The Morgan fingerprint density at radius 2 is 1.58 bits per heavy atom. The zero-order valence-corrected chi connectivity index (χ0v) is 10.6. The monoisotopic (exact) mass is 241 g/mol. The second kappa shape index (κ2) is 4.10. The van der Waals surface area contributed by atoms with Crippen LogP contribution < -0.4 is 0 Å². The Morgan fingerprint density at radius 1 is 0.737 bits per heavy atom. The van der Waals surface area contributed by atoms with E-state index in [9.17, 15) is 0 Å². The van der Waals surface area contributed by atoms with Gasteiger partial charge in [-0.05, 0) is 51.9 Å². The van der Waals surface area contributed by atoms with Crippen LogP contribution in [-0.2, 0) is 6.42 Å². The summed E-state index contributed by atoms with van der Waals surface area (Å²) in [5, 5.41) is 0. The largest absolute Gasteiger partial charge is 0.0619 e. The SMILES string of the molecule is [c]1ccccc1-c1ccc2c(c1)-c1ccccc1C2. The van der Waals surface area contributed by atoms with E-state index in [-0.39, 0.29) is 0 Å². The number of hydrogen-bond donors (Lipinski definition) is 0. The second-order valence-corrected chi connectivity index (χ2v) is 4.98. The third kappa shape index (κ3) is 1.68. The van der Waals surface area contributed by atoms with Gasteiger partial charge in [-0.15, -0.1) is 0 Å².